The van der Waals surface area contributed by atoms with Crippen molar-refractivity contribution < 1.29 is 49.6 Å². The van der Waals surface area contributed by atoms with Crippen LogP contribution in [0.15, 0.2) is 0 Å². The van der Waals surface area contributed by atoms with Crippen LogP contribution in [0.25, 0.3) is 0 Å². The average molecular weight is 367 g/mol. The Bertz CT molecular complexity index is 465. The monoisotopic (exact) mass is 367 g/mol. The van der Waals surface area contributed by atoms with Gasteiger partial charge in [0, 0.05) is 6.92 Å². The second kappa shape index (κ2) is 8.20. The smallest absolute Gasteiger partial charge is 0.217 e. The van der Waals surface area contributed by atoms with Gasteiger partial charge < -0.3 is 50.2 Å². The third-order valence-electron chi connectivity index (χ3n) is 4.34. The second-order valence-electron chi connectivity index (χ2n) is 6.25. The Morgan fingerprint density at radius 3 is 2.24 bits per heavy atom. The molecule has 7 N–H and O–H groups in total. The summed E-state index contributed by atoms with van der Waals surface area (Å²) in [5.74, 6) is -0.528. The number of ether oxygens (including phenoxy) is 3. The van der Waals surface area contributed by atoms with Crippen LogP contribution in [-0.2, 0) is 19.0 Å². The zero-order chi connectivity index (χ0) is 18.9. The van der Waals surface area contributed by atoms with E-state index >= 15 is 0 Å². The molecule has 2 rings (SSSR count). The molecule has 1 amide bonds. The van der Waals surface area contributed by atoms with Gasteiger partial charge in [-0.05, 0) is 6.92 Å². The summed E-state index contributed by atoms with van der Waals surface area (Å²) in [5, 5.41) is 61.1. The lowest BCUT2D eigenvalue weighted by Gasteiger charge is -2.46. The number of aliphatic hydroxyl groups excluding tert-OH is 6. The number of aliphatic hydroxyl groups is 6. The van der Waals surface area contributed by atoms with Crippen LogP contribution in [0.3, 0.4) is 0 Å². The van der Waals surface area contributed by atoms with Gasteiger partial charge in [-0.15, -0.1) is 0 Å². The van der Waals surface area contributed by atoms with Gasteiger partial charge in [-0.3, -0.25) is 4.79 Å². The first-order valence-electron chi connectivity index (χ1n) is 7.92. The minimum Gasteiger partial charge on any atom is -0.394 e. The van der Waals surface area contributed by atoms with Gasteiger partial charge in [-0.2, -0.15) is 0 Å². The summed E-state index contributed by atoms with van der Waals surface area (Å²) < 4.78 is 16.0. The Balaban J connectivity index is 2.19. The van der Waals surface area contributed by atoms with Crippen molar-refractivity contribution in [1.82, 2.24) is 5.32 Å². The van der Waals surface area contributed by atoms with E-state index in [1.165, 1.54) is 13.8 Å². The van der Waals surface area contributed by atoms with E-state index in [2.05, 4.69) is 5.32 Å². The molecule has 0 spiro atoms. The Morgan fingerprint density at radius 1 is 1.04 bits per heavy atom. The summed E-state index contributed by atoms with van der Waals surface area (Å²) in [5.41, 5.74) is 0. The van der Waals surface area contributed by atoms with Gasteiger partial charge in [0.2, 0.25) is 5.91 Å². The third-order valence-corrected chi connectivity index (χ3v) is 4.34. The van der Waals surface area contributed by atoms with E-state index in [4.69, 9.17) is 14.2 Å². The minimum absolute atomic E-state index is 0.528. The van der Waals surface area contributed by atoms with Gasteiger partial charge in [-0.25, -0.2) is 0 Å². The third kappa shape index (κ3) is 4.27. The standard InChI is InChI=1S/C14H25NO10/c1-4-12(10(20)11(21)13(22)23-4)25-14-7(15-5(2)17)9(19)8(18)6(3-16)24-14/h4,6-14,16,18-22H,3H2,1-2H3,(H,15,17)/t4-,6-,7-,8-,9-,10-,11+,12-,13+,14+/m1/s1. The molecule has 0 bridgehead atoms. The van der Waals surface area contributed by atoms with Crippen molar-refractivity contribution in [2.75, 3.05) is 6.61 Å². The van der Waals surface area contributed by atoms with E-state index in [9.17, 15) is 35.4 Å². The summed E-state index contributed by atoms with van der Waals surface area (Å²) in [7, 11) is 0. The molecule has 25 heavy (non-hydrogen) atoms. The molecule has 2 saturated heterocycles. The molecule has 10 atom stereocenters. The van der Waals surface area contributed by atoms with E-state index in [1.807, 2.05) is 0 Å². The molecule has 0 aromatic rings. The van der Waals surface area contributed by atoms with Crippen LogP contribution in [0.1, 0.15) is 13.8 Å². The van der Waals surface area contributed by atoms with Gasteiger partial charge in [0.1, 0.15) is 42.7 Å². The van der Waals surface area contributed by atoms with E-state index in [-0.39, 0.29) is 0 Å². The molecule has 11 heteroatoms. The van der Waals surface area contributed by atoms with E-state index in [0.717, 1.165) is 0 Å². The van der Waals surface area contributed by atoms with Gasteiger partial charge in [0.25, 0.3) is 0 Å². The molecule has 0 radical (unpaired) electrons. The maximum absolute atomic E-state index is 11.4. The van der Waals surface area contributed by atoms with Crippen molar-refractivity contribution in [3.63, 3.8) is 0 Å². The molecule has 11 nitrogen and oxygen atoms in total. The Morgan fingerprint density at radius 2 is 1.68 bits per heavy atom. The number of carbonyl (C=O) groups excluding carboxylic acids is 1. The van der Waals surface area contributed by atoms with E-state index in [0.29, 0.717) is 0 Å². The van der Waals surface area contributed by atoms with Crippen molar-refractivity contribution in [3.05, 3.63) is 0 Å². The first-order valence-corrected chi connectivity index (χ1v) is 7.92. The topological polar surface area (TPSA) is 178 Å². The molecule has 2 aliphatic rings. The molecule has 0 unspecified atom stereocenters. The van der Waals surface area contributed by atoms with Crippen LogP contribution >= 0.6 is 0 Å². The molecular weight excluding hydrogens is 342 g/mol. The number of rotatable bonds is 4. The highest BCUT2D eigenvalue weighted by Crippen LogP contribution is 2.28. The molecule has 0 aliphatic carbocycles. The van der Waals surface area contributed by atoms with Crippen molar-refractivity contribution >= 4 is 5.91 Å². The van der Waals surface area contributed by atoms with Crippen LogP contribution in [-0.4, -0.2) is 105 Å². The SMILES string of the molecule is CC(=O)N[C@H]1[C@H](O[C@H]2[C@H](O)[C@H](O)[C@@H](O)O[C@@H]2C)O[C@H](CO)[C@@H](O)[C@@H]1O. The quantitative estimate of drug-likeness (QED) is 0.257. The normalized spacial score (nSPS) is 48.2. The van der Waals surface area contributed by atoms with Crippen LogP contribution < -0.4 is 5.32 Å². The Kier molecular flexibility index (Phi) is 6.70. The molecule has 0 aromatic heterocycles. The van der Waals surface area contributed by atoms with Gasteiger partial charge in [0.05, 0.1) is 12.7 Å². The minimum atomic E-state index is -1.63. The summed E-state index contributed by atoms with van der Waals surface area (Å²) in [4.78, 5) is 11.4. The summed E-state index contributed by atoms with van der Waals surface area (Å²) >= 11 is 0. The average Bonchev–Trinajstić information content (AvgIpc) is 2.55. The second-order valence-corrected chi connectivity index (χ2v) is 6.25. The van der Waals surface area contributed by atoms with Crippen LogP contribution in [0.2, 0.25) is 0 Å². The van der Waals surface area contributed by atoms with Gasteiger partial charge in [0.15, 0.2) is 12.6 Å². The molecule has 2 aliphatic heterocycles. The number of nitrogens with one attached hydrogen (secondary N) is 1. The maximum atomic E-state index is 11.4. The van der Waals surface area contributed by atoms with Crippen LogP contribution in [0.5, 0.6) is 0 Å². The highest BCUT2D eigenvalue weighted by Gasteiger charge is 2.49. The maximum Gasteiger partial charge on any atom is 0.217 e. The fraction of sp³-hybridized carbons (Fsp3) is 0.929. The molecule has 0 saturated carbocycles. The zero-order valence-electron chi connectivity index (χ0n) is 13.8. The summed E-state index contributed by atoms with van der Waals surface area (Å²) in [6.07, 6.45) is -12.3. The van der Waals surface area contributed by atoms with Crippen molar-refractivity contribution in [2.24, 2.45) is 0 Å². The Hall–Kier alpha value is -0.890. The lowest BCUT2D eigenvalue weighted by Crippen LogP contribution is -2.67. The molecule has 2 fully saturated rings. The van der Waals surface area contributed by atoms with Gasteiger partial charge >= 0.3 is 0 Å². The van der Waals surface area contributed by atoms with Crippen LogP contribution in [0, 0.1) is 0 Å². The predicted octanol–water partition coefficient (Wildman–Crippen LogP) is -4.23. The Labute approximate surface area is 143 Å². The lowest BCUT2D eigenvalue weighted by atomic mass is 9.95. The molecule has 146 valence electrons. The fourth-order valence-electron chi connectivity index (χ4n) is 2.95. The fourth-order valence-corrected chi connectivity index (χ4v) is 2.95. The summed E-state index contributed by atoms with van der Waals surface area (Å²) in [6, 6.07) is -1.20. The molecule has 2 heterocycles. The number of hydrogen-bond acceptors (Lipinski definition) is 10. The van der Waals surface area contributed by atoms with Crippen molar-refractivity contribution in [1.29, 1.82) is 0 Å². The molecule has 0 aromatic carbocycles. The number of amides is 1. The lowest BCUT2D eigenvalue weighted by molar-refractivity contribution is -0.336. The molecular formula is C14H25NO10. The highest BCUT2D eigenvalue weighted by molar-refractivity contribution is 5.73. The number of hydrogen-bond donors (Lipinski definition) is 7. The van der Waals surface area contributed by atoms with E-state index in [1.54, 1.807) is 0 Å². The first kappa shape index (κ1) is 20.4. The first-order chi connectivity index (χ1) is 11.7. The summed E-state index contributed by atoms with van der Waals surface area (Å²) in [6.45, 7) is 2.05. The van der Waals surface area contributed by atoms with Crippen molar-refractivity contribution in [2.45, 2.75) is 75.2 Å². The largest absolute Gasteiger partial charge is 0.394 e. The van der Waals surface area contributed by atoms with Crippen LogP contribution in [0.4, 0.5) is 0 Å². The zero-order valence-corrected chi connectivity index (χ0v) is 13.8. The van der Waals surface area contributed by atoms with E-state index < -0.39 is 73.9 Å². The van der Waals surface area contributed by atoms with Gasteiger partial charge in [-0.1, -0.05) is 0 Å². The highest BCUT2D eigenvalue weighted by atomic mass is 16.7. The number of carbonyl (C=O) groups is 1. The van der Waals surface area contributed by atoms with Crippen molar-refractivity contribution in [3.8, 4) is 0 Å². The predicted molar refractivity (Wildman–Crippen MR) is 78.8 cm³/mol.